The van der Waals surface area contributed by atoms with E-state index >= 15 is 0 Å². The monoisotopic (exact) mass is 213 g/mol. The number of pyridine rings is 1. The Kier molecular flexibility index (Phi) is 2.80. The second kappa shape index (κ2) is 3.88. The Balaban J connectivity index is 3.48. The van der Waals surface area contributed by atoms with Crippen LogP contribution in [0.25, 0.3) is 0 Å². The molecule has 0 radical (unpaired) electrons. The number of alkyl halides is 2. The molecule has 3 N–H and O–H groups in total. The molecule has 0 spiro atoms. The molecule has 15 heavy (non-hydrogen) atoms. The number of hydrogen-bond acceptors (Lipinski definition) is 4. The predicted molar refractivity (Wildman–Crippen MR) is 45.3 cm³/mol. The fraction of sp³-hybridized carbons (Fsp3) is 0.125. The Morgan fingerprint density at radius 2 is 2.27 bits per heavy atom. The summed E-state index contributed by atoms with van der Waals surface area (Å²) in [6, 6.07) is 1.41. The van der Waals surface area contributed by atoms with E-state index in [1.165, 1.54) is 6.07 Å². The highest BCUT2D eigenvalue weighted by molar-refractivity contribution is 5.94. The molecule has 0 saturated carbocycles. The number of nitriles is 1. The standard InChI is InChI=1S/C8H5F2N3O2/c9-7(10)6-3(1-11)5(12)4(2-13-6)8(14)15/h2,7H,(H2,12,13)(H,14,15). The minimum Gasteiger partial charge on any atom is -0.478 e. The van der Waals surface area contributed by atoms with Gasteiger partial charge in [-0.3, -0.25) is 4.98 Å². The molecule has 0 aliphatic carbocycles. The molecule has 7 heteroatoms. The zero-order valence-corrected chi connectivity index (χ0v) is 7.24. The van der Waals surface area contributed by atoms with E-state index in [0.29, 0.717) is 6.20 Å². The van der Waals surface area contributed by atoms with Crippen LogP contribution in [0, 0.1) is 11.3 Å². The third-order valence-electron chi connectivity index (χ3n) is 1.70. The lowest BCUT2D eigenvalue weighted by atomic mass is 10.1. The van der Waals surface area contributed by atoms with Crippen LogP contribution in [-0.4, -0.2) is 16.1 Å². The van der Waals surface area contributed by atoms with Gasteiger partial charge < -0.3 is 10.8 Å². The van der Waals surface area contributed by atoms with Crippen LogP contribution in [0.3, 0.4) is 0 Å². The summed E-state index contributed by atoms with van der Waals surface area (Å²) in [5.41, 5.74) is 2.91. The van der Waals surface area contributed by atoms with E-state index in [0.717, 1.165) is 0 Å². The Labute approximate surface area is 82.8 Å². The fourth-order valence-electron chi connectivity index (χ4n) is 0.994. The van der Waals surface area contributed by atoms with Crippen LogP contribution < -0.4 is 5.73 Å². The quantitative estimate of drug-likeness (QED) is 0.767. The van der Waals surface area contributed by atoms with Gasteiger partial charge >= 0.3 is 5.97 Å². The first-order valence-corrected chi connectivity index (χ1v) is 3.69. The summed E-state index contributed by atoms with van der Waals surface area (Å²) in [6.07, 6.45) is -2.26. The van der Waals surface area contributed by atoms with Crippen molar-refractivity contribution in [3.05, 3.63) is 23.0 Å². The van der Waals surface area contributed by atoms with Gasteiger partial charge in [-0.1, -0.05) is 0 Å². The van der Waals surface area contributed by atoms with Crippen molar-refractivity contribution in [3.8, 4) is 6.07 Å². The average molecular weight is 213 g/mol. The zero-order valence-electron chi connectivity index (χ0n) is 7.24. The molecule has 1 rings (SSSR count). The maximum absolute atomic E-state index is 12.3. The van der Waals surface area contributed by atoms with E-state index in [-0.39, 0.29) is 0 Å². The van der Waals surface area contributed by atoms with E-state index in [4.69, 9.17) is 16.1 Å². The van der Waals surface area contributed by atoms with Crippen molar-refractivity contribution in [2.75, 3.05) is 5.73 Å². The molecule has 1 aromatic rings. The van der Waals surface area contributed by atoms with E-state index in [2.05, 4.69) is 4.98 Å². The number of hydrogen-bond donors (Lipinski definition) is 2. The Bertz CT molecular complexity index is 454. The van der Waals surface area contributed by atoms with Crippen LogP contribution in [0.5, 0.6) is 0 Å². The first-order valence-electron chi connectivity index (χ1n) is 3.69. The third-order valence-corrected chi connectivity index (χ3v) is 1.70. The highest BCUT2D eigenvalue weighted by Gasteiger charge is 2.21. The number of halogens is 2. The second-order valence-corrected chi connectivity index (χ2v) is 2.56. The molecule has 0 amide bonds. The van der Waals surface area contributed by atoms with Gasteiger partial charge in [-0.05, 0) is 0 Å². The fourth-order valence-corrected chi connectivity index (χ4v) is 0.994. The summed E-state index contributed by atoms with van der Waals surface area (Å²) in [4.78, 5) is 13.8. The van der Waals surface area contributed by atoms with E-state index in [1.807, 2.05) is 0 Å². The van der Waals surface area contributed by atoms with Crippen LogP contribution in [0.15, 0.2) is 6.20 Å². The number of rotatable bonds is 2. The van der Waals surface area contributed by atoms with Crippen molar-refractivity contribution in [2.24, 2.45) is 0 Å². The number of nitrogens with zero attached hydrogens (tertiary/aromatic N) is 2. The number of anilines is 1. The number of aromatic carboxylic acids is 1. The molecule has 1 heterocycles. The topological polar surface area (TPSA) is 100 Å². The number of carbonyl (C=O) groups is 1. The van der Waals surface area contributed by atoms with Crippen LogP contribution >= 0.6 is 0 Å². The van der Waals surface area contributed by atoms with E-state index in [1.54, 1.807) is 0 Å². The summed E-state index contributed by atoms with van der Waals surface area (Å²) < 4.78 is 24.6. The normalized spacial score (nSPS) is 10.0. The van der Waals surface area contributed by atoms with Crippen molar-refractivity contribution in [2.45, 2.75) is 6.43 Å². The van der Waals surface area contributed by atoms with Crippen molar-refractivity contribution >= 4 is 11.7 Å². The highest BCUT2D eigenvalue weighted by atomic mass is 19.3. The number of nitrogen functional groups attached to an aromatic ring is 1. The summed E-state index contributed by atoms with van der Waals surface area (Å²) in [7, 11) is 0. The van der Waals surface area contributed by atoms with Gasteiger partial charge in [0.1, 0.15) is 22.9 Å². The zero-order chi connectivity index (χ0) is 11.6. The lowest BCUT2D eigenvalue weighted by Crippen LogP contribution is -2.09. The molecule has 0 aliphatic heterocycles. The van der Waals surface area contributed by atoms with Gasteiger partial charge in [-0.15, -0.1) is 0 Å². The maximum atomic E-state index is 12.3. The molecule has 0 atom stereocenters. The molecule has 0 bridgehead atoms. The van der Waals surface area contributed by atoms with Gasteiger partial charge in [-0.2, -0.15) is 5.26 Å². The maximum Gasteiger partial charge on any atom is 0.339 e. The van der Waals surface area contributed by atoms with Crippen molar-refractivity contribution in [3.63, 3.8) is 0 Å². The largest absolute Gasteiger partial charge is 0.478 e. The van der Waals surface area contributed by atoms with Gasteiger partial charge in [0, 0.05) is 6.20 Å². The number of nitrogens with two attached hydrogens (primary N) is 1. The third kappa shape index (κ3) is 1.83. The van der Waals surface area contributed by atoms with Gasteiger partial charge in [0.25, 0.3) is 6.43 Å². The molecule has 0 aromatic carbocycles. The van der Waals surface area contributed by atoms with Gasteiger partial charge in [-0.25, -0.2) is 13.6 Å². The van der Waals surface area contributed by atoms with Crippen molar-refractivity contribution < 1.29 is 18.7 Å². The number of aromatic nitrogens is 1. The average Bonchev–Trinajstić information content (AvgIpc) is 2.16. The van der Waals surface area contributed by atoms with Gasteiger partial charge in [0.05, 0.1) is 5.69 Å². The summed E-state index contributed by atoms with van der Waals surface area (Å²) in [6.45, 7) is 0. The molecular formula is C8H5F2N3O2. The Hall–Kier alpha value is -2.23. The molecule has 5 nitrogen and oxygen atoms in total. The second-order valence-electron chi connectivity index (χ2n) is 2.56. The predicted octanol–water partition coefficient (Wildman–Crippen LogP) is 1.17. The van der Waals surface area contributed by atoms with Crippen molar-refractivity contribution in [1.82, 2.24) is 4.98 Å². The van der Waals surface area contributed by atoms with Crippen molar-refractivity contribution in [1.29, 1.82) is 5.26 Å². The molecule has 0 aliphatic rings. The molecule has 78 valence electrons. The SMILES string of the molecule is N#Cc1c(C(F)F)ncc(C(=O)O)c1N. The van der Waals surface area contributed by atoms with E-state index < -0.39 is 34.9 Å². The lowest BCUT2D eigenvalue weighted by Gasteiger charge is -2.06. The minimum atomic E-state index is -2.97. The molecule has 0 saturated heterocycles. The molecule has 0 fully saturated rings. The summed E-state index contributed by atoms with van der Waals surface area (Å²) in [5, 5.41) is 17.2. The van der Waals surface area contributed by atoms with Crippen LogP contribution in [0.4, 0.5) is 14.5 Å². The van der Waals surface area contributed by atoms with Crippen LogP contribution in [0.2, 0.25) is 0 Å². The van der Waals surface area contributed by atoms with Crippen LogP contribution in [-0.2, 0) is 0 Å². The molecular weight excluding hydrogens is 208 g/mol. The summed E-state index contributed by atoms with van der Waals surface area (Å²) >= 11 is 0. The highest BCUT2D eigenvalue weighted by Crippen LogP contribution is 2.26. The van der Waals surface area contributed by atoms with Gasteiger partial charge in [0.15, 0.2) is 0 Å². The molecule has 0 unspecified atom stereocenters. The first-order chi connectivity index (χ1) is 6.99. The minimum absolute atomic E-state index is 0.462. The summed E-state index contributed by atoms with van der Waals surface area (Å²) in [5.74, 6) is -1.42. The van der Waals surface area contributed by atoms with Crippen LogP contribution in [0.1, 0.15) is 28.0 Å². The number of carboxylic acid groups (broad SMARTS) is 1. The Morgan fingerprint density at radius 1 is 1.67 bits per heavy atom. The lowest BCUT2D eigenvalue weighted by molar-refractivity contribution is 0.0697. The van der Waals surface area contributed by atoms with E-state index in [9.17, 15) is 13.6 Å². The van der Waals surface area contributed by atoms with Gasteiger partial charge in [0.2, 0.25) is 0 Å². The number of carboxylic acids is 1. The Morgan fingerprint density at radius 3 is 2.67 bits per heavy atom. The smallest absolute Gasteiger partial charge is 0.339 e. The first kappa shape index (κ1) is 10.8. The molecule has 1 aromatic heterocycles.